The molecule has 0 saturated carbocycles. The summed E-state index contributed by atoms with van der Waals surface area (Å²) in [6.07, 6.45) is 0.0587. The van der Waals surface area contributed by atoms with E-state index in [0.29, 0.717) is 11.1 Å². The lowest BCUT2D eigenvalue weighted by atomic mass is 9.92. The predicted octanol–water partition coefficient (Wildman–Crippen LogP) is 6.50. The number of sulfonamides is 2. The van der Waals surface area contributed by atoms with Crippen molar-refractivity contribution < 1.29 is 26.4 Å². The summed E-state index contributed by atoms with van der Waals surface area (Å²) in [6.45, 7) is 3.70. The highest BCUT2D eigenvalue weighted by atomic mass is 32.2. The van der Waals surface area contributed by atoms with Crippen molar-refractivity contribution >= 4 is 31.9 Å². The first-order valence-corrected chi connectivity index (χ1v) is 21.8. The predicted molar refractivity (Wildman–Crippen MR) is 226 cm³/mol. The average molecular weight is 815 g/mol. The lowest BCUT2D eigenvalue weighted by Gasteiger charge is -2.32. The van der Waals surface area contributed by atoms with Gasteiger partial charge in [-0.05, 0) is 73.2 Å². The van der Waals surface area contributed by atoms with Gasteiger partial charge in [-0.3, -0.25) is 9.59 Å². The van der Waals surface area contributed by atoms with E-state index in [2.05, 4.69) is 20.1 Å². The van der Waals surface area contributed by atoms with Gasteiger partial charge in [0.1, 0.15) is 12.1 Å². The second-order valence-electron chi connectivity index (χ2n) is 14.1. The Morgan fingerprint density at radius 3 is 1.03 bits per heavy atom. The third kappa shape index (κ3) is 11.1. The summed E-state index contributed by atoms with van der Waals surface area (Å²) < 4.78 is 60.3. The Labute approximate surface area is 340 Å². The summed E-state index contributed by atoms with van der Waals surface area (Å²) in [5.74, 6) is -1.27. The summed E-state index contributed by atoms with van der Waals surface area (Å²) in [7, 11) is -8.33. The zero-order chi connectivity index (χ0) is 41.1. The Bertz CT molecular complexity index is 2310. The van der Waals surface area contributed by atoms with E-state index >= 15 is 0 Å². The van der Waals surface area contributed by atoms with Crippen LogP contribution in [0.4, 0.5) is 0 Å². The van der Waals surface area contributed by atoms with Crippen LogP contribution in [0.25, 0.3) is 0 Å². The summed E-state index contributed by atoms with van der Waals surface area (Å²) in [5.41, 5.74) is 4.44. The lowest BCUT2D eigenvalue weighted by molar-refractivity contribution is -0.126. The molecular weight excluding hydrogens is 769 g/mol. The number of nitrogens with one attached hydrogen (secondary N) is 4. The molecule has 0 aromatic heterocycles. The monoisotopic (exact) mass is 814 g/mol. The quantitative estimate of drug-likeness (QED) is 0.0827. The topological polar surface area (TPSA) is 151 Å². The highest BCUT2D eigenvalue weighted by molar-refractivity contribution is 7.89. The Hall–Kier alpha value is -5.92. The van der Waals surface area contributed by atoms with Crippen molar-refractivity contribution in [2.24, 2.45) is 0 Å². The highest BCUT2D eigenvalue weighted by Crippen LogP contribution is 2.30. The first-order chi connectivity index (χ1) is 27.9. The third-order valence-electron chi connectivity index (χ3n) is 9.70. The molecule has 6 rings (SSSR count). The van der Waals surface area contributed by atoms with Gasteiger partial charge in [0.25, 0.3) is 0 Å². The Morgan fingerprint density at radius 1 is 0.431 bits per heavy atom. The van der Waals surface area contributed by atoms with Crippen LogP contribution in [-0.2, 0) is 42.5 Å². The van der Waals surface area contributed by atoms with Crippen LogP contribution in [0.5, 0.6) is 0 Å². The molecule has 4 N–H and O–H groups in total. The summed E-state index contributed by atoms with van der Waals surface area (Å²) in [4.78, 5) is 29.3. The minimum absolute atomic E-state index is 0.00976. The van der Waals surface area contributed by atoms with Gasteiger partial charge >= 0.3 is 0 Å². The van der Waals surface area contributed by atoms with Crippen LogP contribution in [0, 0.1) is 13.8 Å². The SMILES string of the molecule is Cc1ccc(S(=O)(=O)N[C@@H](Cc2ccccc2)C(=O)N[C@@H](c2ccccc2)[C@@H](NC(=O)[C@H](Cc2ccccc2)NS(=O)(=O)c2ccc(C)cc2)c2ccccc2)cc1. The molecule has 10 nitrogen and oxygen atoms in total. The van der Waals surface area contributed by atoms with Gasteiger partial charge in [-0.2, -0.15) is 9.44 Å². The minimum atomic E-state index is -4.16. The van der Waals surface area contributed by atoms with Crippen LogP contribution in [0.2, 0.25) is 0 Å². The molecule has 0 radical (unpaired) electrons. The molecule has 4 atom stereocenters. The van der Waals surface area contributed by atoms with E-state index in [0.717, 1.165) is 22.3 Å². The summed E-state index contributed by atoms with van der Waals surface area (Å²) >= 11 is 0. The normalized spacial score (nSPS) is 13.8. The number of hydrogen-bond donors (Lipinski definition) is 4. The van der Waals surface area contributed by atoms with Gasteiger partial charge in [-0.25, -0.2) is 16.8 Å². The molecule has 0 fully saturated rings. The first-order valence-electron chi connectivity index (χ1n) is 18.8. The number of aryl methyl sites for hydroxylation is 2. The molecule has 0 bridgehead atoms. The number of carbonyl (C=O) groups is 2. The molecule has 0 unspecified atom stereocenters. The van der Waals surface area contributed by atoms with Crippen molar-refractivity contribution in [1.29, 1.82) is 0 Å². The second kappa shape index (κ2) is 19.0. The molecule has 0 heterocycles. The minimum Gasteiger partial charge on any atom is -0.345 e. The maximum Gasteiger partial charge on any atom is 0.241 e. The number of amides is 2. The van der Waals surface area contributed by atoms with E-state index in [1.807, 2.05) is 86.6 Å². The van der Waals surface area contributed by atoms with Crippen molar-refractivity contribution in [2.75, 3.05) is 0 Å². The average Bonchev–Trinajstić information content (AvgIpc) is 3.23. The fraction of sp³-hybridized carbons (Fsp3) is 0.174. The maximum atomic E-state index is 14.6. The van der Waals surface area contributed by atoms with Gasteiger partial charge in [-0.1, -0.05) is 157 Å². The number of carbonyl (C=O) groups excluding carboxylic acids is 2. The van der Waals surface area contributed by atoms with E-state index in [1.165, 1.54) is 24.3 Å². The molecule has 298 valence electrons. The summed E-state index contributed by atoms with van der Waals surface area (Å²) in [6, 6.07) is 44.5. The lowest BCUT2D eigenvalue weighted by Crippen LogP contribution is -2.53. The Balaban J connectivity index is 1.37. The van der Waals surface area contributed by atoms with Crippen molar-refractivity contribution in [3.8, 4) is 0 Å². The highest BCUT2D eigenvalue weighted by Gasteiger charge is 2.35. The standard InChI is InChI=1S/C46H46N4O6S2/c1-33-23-27-39(28-24-33)57(53,54)49-41(31-35-15-7-3-8-16-35)45(51)47-43(37-19-11-5-12-20-37)44(38-21-13-6-14-22-38)48-46(52)42(32-36-17-9-4-10-18-36)50-58(55,56)40-29-25-34(2)26-30-40/h3-30,41-44,49-50H,31-32H2,1-2H3,(H,47,51)(H,48,52)/t41-,42-,43-,44-/m0/s1. The fourth-order valence-corrected chi connectivity index (χ4v) is 8.96. The van der Waals surface area contributed by atoms with Crippen LogP contribution in [0.15, 0.2) is 180 Å². The Kier molecular flexibility index (Phi) is 13.7. The van der Waals surface area contributed by atoms with Crippen LogP contribution in [0.3, 0.4) is 0 Å². The van der Waals surface area contributed by atoms with Crippen LogP contribution < -0.4 is 20.1 Å². The molecule has 0 aliphatic heterocycles. The molecule has 0 saturated heterocycles. The molecule has 2 amide bonds. The van der Waals surface area contributed by atoms with E-state index in [1.54, 1.807) is 72.8 Å². The van der Waals surface area contributed by atoms with Gasteiger partial charge in [-0.15, -0.1) is 0 Å². The number of hydrogen-bond acceptors (Lipinski definition) is 6. The fourth-order valence-electron chi connectivity index (χ4n) is 6.57. The van der Waals surface area contributed by atoms with E-state index < -0.39 is 56.0 Å². The molecule has 0 aliphatic rings. The third-order valence-corrected chi connectivity index (χ3v) is 12.7. The number of rotatable bonds is 17. The van der Waals surface area contributed by atoms with E-state index in [-0.39, 0.29) is 22.6 Å². The van der Waals surface area contributed by atoms with Gasteiger partial charge in [0.2, 0.25) is 31.9 Å². The van der Waals surface area contributed by atoms with Gasteiger partial charge < -0.3 is 10.6 Å². The van der Waals surface area contributed by atoms with Gasteiger partial charge in [0.15, 0.2) is 0 Å². The molecule has 12 heteroatoms. The van der Waals surface area contributed by atoms with Crippen molar-refractivity contribution in [3.63, 3.8) is 0 Å². The second-order valence-corrected chi connectivity index (χ2v) is 17.6. The van der Waals surface area contributed by atoms with Crippen molar-refractivity contribution in [1.82, 2.24) is 20.1 Å². The number of benzene rings is 6. The molecule has 6 aromatic carbocycles. The molecule has 0 aliphatic carbocycles. The molecule has 0 spiro atoms. The van der Waals surface area contributed by atoms with E-state index in [9.17, 15) is 26.4 Å². The zero-order valence-electron chi connectivity index (χ0n) is 32.2. The van der Waals surface area contributed by atoms with Crippen LogP contribution in [0.1, 0.15) is 45.5 Å². The molecule has 6 aromatic rings. The first kappa shape index (κ1) is 41.7. The smallest absolute Gasteiger partial charge is 0.241 e. The van der Waals surface area contributed by atoms with Gasteiger partial charge in [0, 0.05) is 0 Å². The molecule has 58 heavy (non-hydrogen) atoms. The largest absolute Gasteiger partial charge is 0.345 e. The van der Waals surface area contributed by atoms with Crippen molar-refractivity contribution in [3.05, 3.63) is 203 Å². The summed E-state index contributed by atoms with van der Waals surface area (Å²) in [5, 5.41) is 6.18. The van der Waals surface area contributed by atoms with Crippen LogP contribution >= 0.6 is 0 Å². The maximum absolute atomic E-state index is 14.6. The van der Waals surface area contributed by atoms with Crippen molar-refractivity contribution in [2.45, 2.75) is 60.6 Å². The van der Waals surface area contributed by atoms with Crippen LogP contribution in [-0.4, -0.2) is 40.7 Å². The zero-order valence-corrected chi connectivity index (χ0v) is 33.8. The molecular formula is C46H46N4O6S2. The van der Waals surface area contributed by atoms with Gasteiger partial charge in [0.05, 0.1) is 21.9 Å². The Morgan fingerprint density at radius 2 is 0.724 bits per heavy atom. The van der Waals surface area contributed by atoms with E-state index in [4.69, 9.17) is 0 Å².